The van der Waals surface area contributed by atoms with Crippen molar-refractivity contribution < 1.29 is 39.0 Å². The van der Waals surface area contributed by atoms with Crippen LogP contribution in [0.15, 0.2) is 0 Å². The van der Waals surface area contributed by atoms with E-state index in [9.17, 15) is 33.9 Å². The molecule has 13 nitrogen and oxygen atoms in total. The van der Waals surface area contributed by atoms with Gasteiger partial charge in [0.25, 0.3) is 0 Å². The van der Waals surface area contributed by atoms with Gasteiger partial charge in [0.05, 0.1) is 12.5 Å². The van der Waals surface area contributed by atoms with Crippen molar-refractivity contribution in [2.24, 2.45) is 5.73 Å². The van der Waals surface area contributed by atoms with Crippen LogP contribution in [0.3, 0.4) is 0 Å². The van der Waals surface area contributed by atoms with Crippen LogP contribution in [0.1, 0.15) is 46.0 Å². The summed E-state index contributed by atoms with van der Waals surface area (Å²) in [6, 6.07) is -5.26. The van der Waals surface area contributed by atoms with E-state index in [0.29, 0.717) is 25.7 Å². The van der Waals surface area contributed by atoms with Crippen molar-refractivity contribution in [3.05, 3.63) is 0 Å². The van der Waals surface area contributed by atoms with E-state index in [4.69, 9.17) is 10.8 Å². The fourth-order valence-electron chi connectivity index (χ4n) is 4.09. The lowest BCUT2D eigenvalue weighted by atomic mass is 10.1. The molecule has 5 atom stereocenters. The van der Waals surface area contributed by atoms with E-state index < -0.39 is 72.2 Å². The van der Waals surface area contributed by atoms with Crippen molar-refractivity contribution in [3.63, 3.8) is 0 Å². The molecule has 0 bridgehead atoms. The van der Waals surface area contributed by atoms with Crippen LogP contribution < -0.4 is 16.4 Å². The van der Waals surface area contributed by atoms with Gasteiger partial charge in [-0.25, -0.2) is 4.79 Å². The molecule has 4 amide bonds. The summed E-state index contributed by atoms with van der Waals surface area (Å²) >= 11 is 0. The lowest BCUT2D eigenvalue weighted by Gasteiger charge is -2.30. The molecule has 0 saturated carbocycles. The number of carboxylic acids is 2. The Labute approximate surface area is 190 Å². The second kappa shape index (κ2) is 11.1. The Bertz CT molecular complexity index is 816. The van der Waals surface area contributed by atoms with Gasteiger partial charge in [0.2, 0.25) is 23.6 Å². The summed E-state index contributed by atoms with van der Waals surface area (Å²) in [5.74, 6) is -4.99. The van der Waals surface area contributed by atoms with Gasteiger partial charge in [-0.3, -0.25) is 24.0 Å². The minimum atomic E-state index is -1.39. The van der Waals surface area contributed by atoms with E-state index in [1.54, 1.807) is 0 Å². The maximum Gasteiger partial charge on any atom is 0.326 e. The molecule has 2 fully saturated rings. The number of carbonyl (C=O) groups is 6. The van der Waals surface area contributed by atoms with Gasteiger partial charge >= 0.3 is 11.9 Å². The highest BCUT2D eigenvalue weighted by Gasteiger charge is 2.41. The number of nitrogens with one attached hydrogen (secondary N) is 2. The van der Waals surface area contributed by atoms with Gasteiger partial charge < -0.3 is 36.4 Å². The lowest BCUT2D eigenvalue weighted by Crippen LogP contribution is -2.57. The van der Waals surface area contributed by atoms with E-state index >= 15 is 0 Å². The quantitative estimate of drug-likeness (QED) is 0.250. The first-order chi connectivity index (χ1) is 15.4. The predicted molar refractivity (Wildman–Crippen MR) is 113 cm³/mol. The van der Waals surface area contributed by atoms with Crippen LogP contribution in [0.4, 0.5) is 0 Å². The van der Waals surface area contributed by atoms with Crippen molar-refractivity contribution >= 4 is 35.6 Å². The van der Waals surface area contributed by atoms with Crippen molar-refractivity contribution in [2.45, 2.75) is 76.2 Å². The minimum Gasteiger partial charge on any atom is -0.481 e. The summed E-state index contributed by atoms with van der Waals surface area (Å²) in [6.07, 6.45) is 0.973. The summed E-state index contributed by atoms with van der Waals surface area (Å²) in [6.45, 7) is 3.28. The molecule has 6 N–H and O–H groups in total. The number of likely N-dealkylation sites (tertiary alicyclic amines) is 2. The number of amides is 4. The SMILES string of the molecule is C[C@H](N)C(=O)N[C@@H](CC(=O)O)C(=O)N1CCC[C@H]1C(=O)N[C@@H](C)C(=O)N1CCC[C@H]1C(=O)O. The third-order valence-electron chi connectivity index (χ3n) is 5.80. The third kappa shape index (κ3) is 6.40. The Balaban J connectivity index is 2.07. The summed E-state index contributed by atoms with van der Waals surface area (Å²) in [5.41, 5.74) is 5.49. The standard InChI is InChI=1S/C20H31N5O8/c1-10(21)16(28)23-12(9-15(26)27)19(31)24-7-3-5-13(24)17(29)22-11(2)18(30)25-8-4-6-14(25)20(32)33/h10-14H,3-9,21H2,1-2H3,(H,22,29)(H,23,28)(H,26,27)(H,32,33)/t10-,11-,12-,13-,14-/m0/s1. The normalized spacial score (nSPS) is 22.9. The number of aliphatic carboxylic acids is 2. The molecule has 184 valence electrons. The van der Waals surface area contributed by atoms with Gasteiger partial charge in [-0.1, -0.05) is 0 Å². The molecular formula is C20H31N5O8. The maximum atomic E-state index is 13.0. The van der Waals surface area contributed by atoms with Crippen LogP contribution >= 0.6 is 0 Å². The average molecular weight is 469 g/mol. The molecule has 2 rings (SSSR count). The molecule has 2 saturated heterocycles. The molecule has 0 aromatic heterocycles. The second-order valence-electron chi connectivity index (χ2n) is 8.40. The minimum absolute atomic E-state index is 0.177. The zero-order chi connectivity index (χ0) is 24.9. The molecule has 2 aliphatic rings. The van der Waals surface area contributed by atoms with Gasteiger partial charge in [-0.05, 0) is 39.5 Å². The molecule has 0 spiro atoms. The van der Waals surface area contributed by atoms with Gasteiger partial charge in [-0.15, -0.1) is 0 Å². The Morgan fingerprint density at radius 1 is 0.909 bits per heavy atom. The molecule has 0 unspecified atom stereocenters. The van der Waals surface area contributed by atoms with Crippen LogP contribution in [0.5, 0.6) is 0 Å². The zero-order valence-electron chi connectivity index (χ0n) is 18.7. The summed E-state index contributed by atoms with van der Waals surface area (Å²) in [5, 5.41) is 23.3. The highest BCUT2D eigenvalue weighted by atomic mass is 16.4. The number of rotatable bonds is 9. The smallest absolute Gasteiger partial charge is 0.326 e. The predicted octanol–water partition coefficient (Wildman–Crippen LogP) is -2.14. The molecule has 2 aliphatic heterocycles. The van der Waals surface area contributed by atoms with E-state index in [-0.39, 0.29) is 13.1 Å². The highest BCUT2D eigenvalue weighted by molar-refractivity contribution is 5.96. The first kappa shape index (κ1) is 26.0. The number of carboxylic acid groups (broad SMARTS) is 2. The molecule has 0 radical (unpaired) electrons. The van der Waals surface area contributed by atoms with Gasteiger partial charge in [-0.2, -0.15) is 0 Å². The Kier molecular flexibility index (Phi) is 8.74. The van der Waals surface area contributed by atoms with Crippen molar-refractivity contribution in [3.8, 4) is 0 Å². The Morgan fingerprint density at radius 3 is 1.97 bits per heavy atom. The van der Waals surface area contributed by atoms with Crippen molar-refractivity contribution in [2.75, 3.05) is 13.1 Å². The molecule has 0 aliphatic carbocycles. The van der Waals surface area contributed by atoms with E-state index in [1.807, 2.05) is 0 Å². The molecular weight excluding hydrogens is 438 g/mol. The molecule has 13 heteroatoms. The molecule has 0 aromatic carbocycles. The first-order valence-corrected chi connectivity index (χ1v) is 10.9. The number of hydrogen-bond donors (Lipinski definition) is 5. The lowest BCUT2D eigenvalue weighted by molar-refractivity contribution is -0.149. The summed E-state index contributed by atoms with van der Waals surface area (Å²) < 4.78 is 0. The van der Waals surface area contributed by atoms with Crippen LogP contribution in [0.2, 0.25) is 0 Å². The largest absolute Gasteiger partial charge is 0.481 e. The van der Waals surface area contributed by atoms with Crippen LogP contribution in [-0.2, 0) is 28.8 Å². The Morgan fingerprint density at radius 2 is 1.45 bits per heavy atom. The van der Waals surface area contributed by atoms with Gasteiger partial charge in [0.15, 0.2) is 0 Å². The fraction of sp³-hybridized carbons (Fsp3) is 0.700. The van der Waals surface area contributed by atoms with Crippen molar-refractivity contribution in [1.29, 1.82) is 0 Å². The third-order valence-corrected chi connectivity index (χ3v) is 5.80. The van der Waals surface area contributed by atoms with Crippen LogP contribution in [0, 0.1) is 0 Å². The second-order valence-corrected chi connectivity index (χ2v) is 8.40. The zero-order valence-corrected chi connectivity index (χ0v) is 18.7. The monoisotopic (exact) mass is 469 g/mol. The van der Waals surface area contributed by atoms with Crippen LogP contribution in [0.25, 0.3) is 0 Å². The summed E-state index contributed by atoms with van der Waals surface area (Å²) in [7, 11) is 0. The number of nitrogens with two attached hydrogens (primary N) is 1. The van der Waals surface area contributed by atoms with E-state index in [2.05, 4.69) is 10.6 Å². The van der Waals surface area contributed by atoms with Gasteiger partial charge in [0.1, 0.15) is 24.2 Å². The van der Waals surface area contributed by atoms with Crippen molar-refractivity contribution in [1.82, 2.24) is 20.4 Å². The number of carbonyl (C=O) groups excluding carboxylic acids is 4. The fourth-order valence-corrected chi connectivity index (χ4v) is 4.09. The van der Waals surface area contributed by atoms with Gasteiger partial charge in [0, 0.05) is 13.1 Å². The first-order valence-electron chi connectivity index (χ1n) is 10.9. The average Bonchev–Trinajstić information content (AvgIpc) is 3.41. The molecule has 2 heterocycles. The highest BCUT2D eigenvalue weighted by Crippen LogP contribution is 2.21. The number of hydrogen-bond acceptors (Lipinski definition) is 7. The molecule has 33 heavy (non-hydrogen) atoms. The van der Waals surface area contributed by atoms with E-state index in [0.717, 1.165) is 0 Å². The van der Waals surface area contributed by atoms with E-state index in [1.165, 1.54) is 23.6 Å². The number of nitrogens with zero attached hydrogens (tertiary/aromatic N) is 2. The maximum absolute atomic E-state index is 13.0. The van der Waals surface area contributed by atoms with Crippen LogP contribution in [-0.4, -0.2) is 98.9 Å². The Hall–Kier alpha value is -3.22. The molecule has 0 aromatic rings. The topological polar surface area (TPSA) is 199 Å². The summed E-state index contributed by atoms with van der Waals surface area (Å²) in [4.78, 5) is 75.4.